The van der Waals surface area contributed by atoms with E-state index in [1.807, 2.05) is 7.11 Å². The molecule has 3 aliphatic rings. The van der Waals surface area contributed by atoms with Gasteiger partial charge in [-0.25, -0.2) is 0 Å². The lowest BCUT2D eigenvalue weighted by Crippen LogP contribution is -2.48. The van der Waals surface area contributed by atoms with Crippen molar-refractivity contribution in [1.82, 2.24) is 0 Å². The van der Waals surface area contributed by atoms with Crippen molar-refractivity contribution >= 4 is 0 Å². The number of hydrogen-bond donors (Lipinski definition) is 0. The molecule has 0 saturated heterocycles. The SMILES string of the molecule is COC1(C)CC2CC1(C)C1CCCC21. The van der Waals surface area contributed by atoms with E-state index < -0.39 is 0 Å². The maximum atomic E-state index is 5.84. The van der Waals surface area contributed by atoms with Gasteiger partial charge in [-0.2, -0.15) is 0 Å². The quantitative estimate of drug-likeness (QED) is 0.622. The molecule has 3 saturated carbocycles. The minimum absolute atomic E-state index is 0.184. The van der Waals surface area contributed by atoms with E-state index in [-0.39, 0.29) is 5.60 Å². The van der Waals surface area contributed by atoms with E-state index in [1.165, 1.54) is 32.1 Å². The van der Waals surface area contributed by atoms with Crippen LogP contribution in [0.1, 0.15) is 46.0 Å². The normalized spacial score (nSPS) is 60.6. The van der Waals surface area contributed by atoms with Crippen molar-refractivity contribution in [2.75, 3.05) is 7.11 Å². The van der Waals surface area contributed by atoms with Gasteiger partial charge in [-0.3, -0.25) is 0 Å². The summed E-state index contributed by atoms with van der Waals surface area (Å²) in [6.07, 6.45) is 7.20. The number of rotatable bonds is 1. The molecule has 0 heterocycles. The van der Waals surface area contributed by atoms with E-state index in [0.717, 1.165) is 17.8 Å². The lowest BCUT2D eigenvalue weighted by molar-refractivity contribution is -0.114. The third kappa shape index (κ3) is 0.816. The van der Waals surface area contributed by atoms with Crippen LogP contribution >= 0.6 is 0 Å². The van der Waals surface area contributed by atoms with Crippen LogP contribution in [0.15, 0.2) is 0 Å². The Labute approximate surface area is 87.2 Å². The largest absolute Gasteiger partial charge is 0.378 e. The monoisotopic (exact) mass is 194 g/mol. The highest BCUT2D eigenvalue weighted by Crippen LogP contribution is 2.69. The van der Waals surface area contributed by atoms with E-state index in [4.69, 9.17) is 4.74 Å². The zero-order chi connectivity index (χ0) is 9.97. The molecule has 1 nitrogen and oxygen atoms in total. The molecule has 0 amide bonds. The molecule has 3 fully saturated rings. The second-order valence-electron chi connectivity index (χ2n) is 6.22. The second-order valence-corrected chi connectivity index (χ2v) is 6.22. The molecular formula is C13H22O. The molecule has 0 aromatic heterocycles. The molecule has 5 atom stereocenters. The topological polar surface area (TPSA) is 9.23 Å². The predicted molar refractivity (Wildman–Crippen MR) is 57.1 cm³/mol. The maximum absolute atomic E-state index is 5.84. The van der Waals surface area contributed by atoms with Gasteiger partial charge in [0.15, 0.2) is 0 Å². The van der Waals surface area contributed by atoms with Crippen molar-refractivity contribution in [1.29, 1.82) is 0 Å². The summed E-state index contributed by atoms with van der Waals surface area (Å²) in [6.45, 7) is 4.84. The molecule has 0 N–H and O–H groups in total. The molecule has 0 aliphatic heterocycles. The fourth-order valence-electron chi connectivity index (χ4n) is 5.07. The van der Waals surface area contributed by atoms with Crippen LogP contribution in [-0.2, 0) is 4.74 Å². The third-order valence-electron chi connectivity index (χ3n) is 5.99. The number of ether oxygens (including phenoxy) is 1. The van der Waals surface area contributed by atoms with Crippen LogP contribution in [0.25, 0.3) is 0 Å². The summed E-state index contributed by atoms with van der Waals surface area (Å²) >= 11 is 0. The molecule has 0 aromatic rings. The van der Waals surface area contributed by atoms with Gasteiger partial charge in [0.25, 0.3) is 0 Å². The second kappa shape index (κ2) is 2.55. The van der Waals surface area contributed by atoms with E-state index in [0.29, 0.717) is 5.41 Å². The van der Waals surface area contributed by atoms with Crippen LogP contribution in [-0.4, -0.2) is 12.7 Å². The van der Waals surface area contributed by atoms with Gasteiger partial charge in [0.2, 0.25) is 0 Å². The minimum Gasteiger partial charge on any atom is -0.378 e. The average molecular weight is 194 g/mol. The lowest BCUT2D eigenvalue weighted by atomic mass is 9.64. The third-order valence-corrected chi connectivity index (χ3v) is 5.99. The van der Waals surface area contributed by atoms with Crippen LogP contribution in [0.5, 0.6) is 0 Å². The molecule has 5 unspecified atom stereocenters. The Hall–Kier alpha value is -0.0400. The molecular weight excluding hydrogens is 172 g/mol. The first kappa shape index (κ1) is 9.21. The Morgan fingerprint density at radius 3 is 2.64 bits per heavy atom. The highest BCUT2D eigenvalue weighted by molar-refractivity contribution is 5.16. The van der Waals surface area contributed by atoms with Gasteiger partial charge in [-0.15, -0.1) is 0 Å². The van der Waals surface area contributed by atoms with Gasteiger partial charge < -0.3 is 4.74 Å². The van der Waals surface area contributed by atoms with Crippen LogP contribution in [0, 0.1) is 23.2 Å². The minimum atomic E-state index is 0.184. The number of hydrogen-bond acceptors (Lipinski definition) is 1. The van der Waals surface area contributed by atoms with E-state index in [1.54, 1.807) is 0 Å². The summed E-state index contributed by atoms with van der Waals surface area (Å²) in [5.41, 5.74) is 0.677. The van der Waals surface area contributed by atoms with Gasteiger partial charge in [0, 0.05) is 7.11 Å². The summed E-state index contributed by atoms with van der Waals surface area (Å²) in [7, 11) is 1.91. The van der Waals surface area contributed by atoms with E-state index in [9.17, 15) is 0 Å². The highest BCUT2D eigenvalue weighted by Gasteiger charge is 2.66. The Bertz CT molecular complexity index is 260. The number of fused-ring (bicyclic) bond motifs is 5. The maximum Gasteiger partial charge on any atom is 0.0709 e. The van der Waals surface area contributed by atoms with E-state index in [2.05, 4.69) is 13.8 Å². The van der Waals surface area contributed by atoms with Crippen LogP contribution < -0.4 is 0 Å². The molecule has 0 spiro atoms. The summed E-state index contributed by atoms with van der Waals surface area (Å²) in [5.74, 6) is 3.02. The van der Waals surface area contributed by atoms with Gasteiger partial charge in [-0.1, -0.05) is 13.3 Å². The summed E-state index contributed by atoms with van der Waals surface area (Å²) in [4.78, 5) is 0. The van der Waals surface area contributed by atoms with Gasteiger partial charge in [0.1, 0.15) is 0 Å². The Kier molecular flexibility index (Phi) is 1.68. The summed E-state index contributed by atoms with van der Waals surface area (Å²) < 4.78 is 5.84. The fraction of sp³-hybridized carbons (Fsp3) is 1.00. The lowest BCUT2D eigenvalue weighted by Gasteiger charge is -2.47. The molecule has 80 valence electrons. The average Bonchev–Trinajstić information content (AvgIpc) is 2.76. The zero-order valence-corrected chi connectivity index (χ0v) is 9.68. The Morgan fingerprint density at radius 2 is 1.93 bits per heavy atom. The van der Waals surface area contributed by atoms with Crippen molar-refractivity contribution in [3.63, 3.8) is 0 Å². The first-order valence-corrected chi connectivity index (χ1v) is 6.16. The van der Waals surface area contributed by atoms with E-state index >= 15 is 0 Å². The number of methoxy groups -OCH3 is 1. The fourth-order valence-corrected chi connectivity index (χ4v) is 5.07. The first-order valence-electron chi connectivity index (χ1n) is 6.16. The highest BCUT2D eigenvalue weighted by atomic mass is 16.5. The van der Waals surface area contributed by atoms with Gasteiger partial charge >= 0.3 is 0 Å². The van der Waals surface area contributed by atoms with Crippen molar-refractivity contribution < 1.29 is 4.74 Å². The Morgan fingerprint density at radius 1 is 1.14 bits per heavy atom. The van der Waals surface area contributed by atoms with Gasteiger partial charge in [-0.05, 0) is 55.8 Å². The standard InChI is InChI=1S/C13H22O/c1-12-7-9(8-13(12,2)14-3)10-5-4-6-11(10)12/h9-11H,4-8H2,1-3H3. The zero-order valence-electron chi connectivity index (χ0n) is 9.68. The molecule has 2 bridgehead atoms. The molecule has 14 heavy (non-hydrogen) atoms. The molecule has 0 radical (unpaired) electrons. The predicted octanol–water partition coefficient (Wildman–Crippen LogP) is 3.24. The van der Waals surface area contributed by atoms with Gasteiger partial charge in [0.05, 0.1) is 5.60 Å². The van der Waals surface area contributed by atoms with Crippen LogP contribution in [0.4, 0.5) is 0 Å². The summed E-state index contributed by atoms with van der Waals surface area (Å²) in [6, 6.07) is 0. The molecule has 3 rings (SSSR count). The molecule has 3 aliphatic carbocycles. The van der Waals surface area contributed by atoms with Crippen LogP contribution in [0.2, 0.25) is 0 Å². The van der Waals surface area contributed by atoms with Crippen molar-refractivity contribution in [2.24, 2.45) is 23.2 Å². The molecule has 1 heteroatoms. The Balaban J connectivity index is 1.99. The smallest absolute Gasteiger partial charge is 0.0709 e. The summed E-state index contributed by atoms with van der Waals surface area (Å²) in [5, 5.41) is 0. The first-order chi connectivity index (χ1) is 6.61. The van der Waals surface area contributed by atoms with Crippen molar-refractivity contribution in [2.45, 2.75) is 51.6 Å². The van der Waals surface area contributed by atoms with Crippen molar-refractivity contribution in [3.8, 4) is 0 Å². The van der Waals surface area contributed by atoms with Crippen molar-refractivity contribution in [3.05, 3.63) is 0 Å². The molecule has 0 aromatic carbocycles. The van der Waals surface area contributed by atoms with Crippen LogP contribution in [0.3, 0.4) is 0 Å².